The van der Waals surface area contributed by atoms with Gasteiger partial charge in [0.05, 0.1) is 0 Å². The molecule has 0 aromatic rings. The molecule has 1 aliphatic heterocycles. The second-order valence-corrected chi connectivity index (χ2v) is 4.80. The lowest BCUT2D eigenvalue weighted by atomic mass is 10.0. The Bertz CT molecular complexity index is 147. The number of piperidine rings is 1. The van der Waals surface area contributed by atoms with Crippen LogP contribution in [0, 0.1) is 0 Å². The maximum Gasteiger partial charge on any atom is 0.00939 e. The minimum Gasteiger partial charge on any atom is -0.311 e. The largest absolute Gasteiger partial charge is 0.311 e. The summed E-state index contributed by atoms with van der Waals surface area (Å²) >= 11 is 0. The van der Waals surface area contributed by atoms with Crippen molar-refractivity contribution >= 4 is 0 Å². The molecule has 0 bridgehead atoms. The summed E-state index contributed by atoms with van der Waals surface area (Å²) in [7, 11) is 0. The molecule has 0 spiro atoms. The van der Waals surface area contributed by atoms with E-state index in [0.717, 1.165) is 12.1 Å². The Morgan fingerprint density at radius 1 is 1.13 bits per heavy atom. The van der Waals surface area contributed by atoms with Crippen LogP contribution >= 0.6 is 0 Å². The van der Waals surface area contributed by atoms with Crippen LogP contribution in [-0.2, 0) is 0 Å². The molecule has 1 rings (SSSR count). The second kappa shape index (κ2) is 7.24. The first-order valence-electron chi connectivity index (χ1n) is 6.78. The predicted molar refractivity (Wildman–Crippen MR) is 67.3 cm³/mol. The van der Waals surface area contributed by atoms with Crippen molar-refractivity contribution in [2.24, 2.45) is 0 Å². The molecule has 1 heterocycles. The van der Waals surface area contributed by atoms with Crippen molar-refractivity contribution in [3.63, 3.8) is 0 Å². The normalized spacial score (nSPS) is 20.0. The van der Waals surface area contributed by atoms with Crippen LogP contribution in [0.1, 0.15) is 52.9 Å². The molecule has 1 fully saturated rings. The molecule has 1 N–H and O–H groups in total. The fourth-order valence-electron chi connectivity index (χ4n) is 2.50. The Labute approximate surface area is 95.4 Å². The van der Waals surface area contributed by atoms with Crippen LogP contribution in [-0.4, -0.2) is 36.6 Å². The van der Waals surface area contributed by atoms with E-state index in [9.17, 15) is 0 Å². The average molecular weight is 212 g/mol. The molecule has 2 nitrogen and oxygen atoms in total. The van der Waals surface area contributed by atoms with Crippen LogP contribution < -0.4 is 5.32 Å². The average Bonchev–Trinajstić information content (AvgIpc) is 2.28. The lowest BCUT2D eigenvalue weighted by molar-refractivity contribution is 0.189. The van der Waals surface area contributed by atoms with Gasteiger partial charge in [-0.15, -0.1) is 0 Å². The zero-order valence-electron chi connectivity index (χ0n) is 10.8. The first kappa shape index (κ1) is 13.0. The van der Waals surface area contributed by atoms with E-state index in [1.54, 1.807) is 0 Å². The number of nitrogens with one attached hydrogen (secondary N) is 1. The fraction of sp³-hybridized carbons (Fsp3) is 1.00. The van der Waals surface area contributed by atoms with Gasteiger partial charge >= 0.3 is 0 Å². The standard InChI is InChI=1S/C13H28N2/c1-4-9-15-10-7-13(8-11-15)14-12(5-2)6-3/h12-14H,4-11H2,1-3H3. The summed E-state index contributed by atoms with van der Waals surface area (Å²) in [6.45, 7) is 10.7. The second-order valence-electron chi connectivity index (χ2n) is 4.80. The van der Waals surface area contributed by atoms with Crippen LogP contribution in [0.15, 0.2) is 0 Å². The summed E-state index contributed by atoms with van der Waals surface area (Å²) in [6.07, 6.45) is 6.52. The zero-order chi connectivity index (χ0) is 11.1. The lowest BCUT2D eigenvalue weighted by Crippen LogP contribution is -2.46. The SMILES string of the molecule is CCCN1CCC(NC(CC)CC)CC1. The van der Waals surface area contributed by atoms with Gasteiger partial charge in [-0.1, -0.05) is 20.8 Å². The first-order chi connectivity index (χ1) is 7.30. The molecule has 0 atom stereocenters. The molecule has 2 heteroatoms. The van der Waals surface area contributed by atoms with Gasteiger partial charge in [-0.3, -0.25) is 0 Å². The lowest BCUT2D eigenvalue weighted by Gasteiger charge is -2.34. The van der Waals surface area contributed by atoms with E-state index in [2.05, 4.69) is 31.0 Å². The Morgan fingerprint density at radius 3 is 2.20 bits per heavy atom. The van der Waals surface area contributed by atoms with Gasteiger partial charge in [-0.2, -0.15) is 0 Å². The number of rotatable bonds is 6. The molecule has 0 aromatic heterocycles. The molecule has 15 heavy (non-hydrogen) atoms. The highest BCUT2D eigenvalue weighted by Gasteiger charge is 2.19. The minimum atomic E-state index is 0.743. The van der Waals surface area contributed by atoms with E-state index in [-0.39, 0.29) is 0 Å². The highest BCUT2D eigenvalue weighted by atomic mass is 15.1. The molecular formula is C13H28N2. The molecule has 90 valence electrons. The summed E-state index contributed by atoms with van der Waals surface area (Å²) in [5.74, 6) is 0. The predicted octanol–water partition coefficient (Wildman–Crippen LogP) is 2.64. The monoisotopic (exact) mass is 212 g/mol. The van der Waals surface area contributed by atoms with Crippen molar-refractivity contribution < 1.29 is 0 Å². The molecule has 0 amide bonds. The van der Waals surface area contributed by atoms with Crippen LogP contribution in [0.4, 0.5) is 0 Å². The van der Waals surface area contributed by atoms with Gasteiger partial charge < -0.3 is 10.2 Å². The van der Waals surface area contributed by atoms with Crippen molar-refractivity contribution in [2.45, 2.75) is 65.0 Å². The Balaban J connectivity index is 2.19. The molecule has 0 radical (unpaired) electrons. The van der Waals surface area contributed by atoms with Crippen molar-refractivity contribution in [3.05, 3.63) is 0 Å². The van der Waals surface area contributed by atoms with Crippen molar-refractivity contribution in [3.8, 4) is 0 Å². The topological polar surface area (TPSA) is 15.3 Å². The van der Waals surface area contributed by atoms with Crippen molar-refractivity contribution in [1.29, 1.82) is 0 Å². The Kier molecular flexibility index (Phi) is 6.26. The maximum absolute atomic E-state index is 3.79. The molecular weight excluding hydrogens is 184 g/mol. The van der Waals surface area contributed by atoms with Gasteiger partial charge in [-0.25, -0.2) is 0 Å². The van der Waals surface area contributed by atoms with Gasteiger partial charge in [0.25, 0.3) is 0 Å². The molecule has 0 aromatic carbocycles. The van der Waals surface area contributed by atoms with Crippen molar-refractivity contribution in [1.82, 2.24) is 10.2 Å². The fourth-order valence-corrected chi connectivity index (χ4v) is 2.50. The summed E-state index contributed by atoms with van der Waals surface area (Å²) in [4.78, 5) is 2.60. The third-order valence-corrected chi connectivity index (χ3v) is 3.58. The minimum absolute atomic E-state index is 0.743. The third kappa shape index (κ3) is 4.52. The van der Waals surface area contributed by atoms with E-state index >= 15 is 0 Å². The van der Waals surface area contributed by atoms with Gasteiger partial charge in [0.2, 0.25) is 0 Å². The van der Waals surface area contributed by atoms with Gasteiger partial charge in [0.15, 0.2) is 0 Å². The number of hydrogen-bond acceptors (Lipinski definition) is 2. The summed E-state index contributed by atoms with van der Waals surface area (Å²) in [5.41, 5.74) is 0. The summed E-state index contributed by atoms with van der Waals surface area (Å²) in [6, 6.07) is 1.52. The summed E-state index contributed by atoms with van der Waals surface area (Å²) < 4.78 is 0. The molecule has 1 aliphatic rings. The van der Waals surface area contributed by atoms with Crippen LogP contribution in [0.3, 0.4) is 0 Å². The van der Waals surface area contributed by atoms with E-state index in [1.165, 1.54) is 51.7 Å². The van der Waals surface area contributed by atoms with E-state index in [1.807, 2.05) is 0 Å². The number of likely N-dealkylation sites (tertiary alicyclic amines) is 1. The Morgan fingerprint density at radius 2 is 1.73 bits per heavy atom. The summed E-state index contributed by atoms with van der Waals surface area (Å²) in [5, 5.41) is 3.79. The zero-order valence-corrected chi connectivity index (χ0v) is 10.8. The third-order valence-electron chi connectivity index (χ3n) is 3.58. The van der Waals surface area contributed by atoms with Gasteiger partial charge in [0.1, 0.15) is 0 Å². The molecule has 0 unspecified atom stereocenters. The Hall–Kier alpha value is -0.0800. The highest BCUT2D eigenvalue weighted by molar-refractivity contribution is 4.79. The van der Waals surface area contributed by atoms with Crippen LogP contribution in [0.2, 0.25) is 0 Å². The number of nitrogens with zero attached hydrogens (tertiary/aromatic N) is 1. The quantitative estimate of drug-likeness (QED) is 0.728. The highest BCUT2D eigenvalue weighted by Crippen LogP contribution is 2.12. The van der Waals surface area contributed by atoms with Crippen LogP contribution in [0.25, 0.3) is 0 Å². The molecule has 1 saturated heterocycles. The van der Waals surface area contributed by atoms with Crippen molar-refractivity contribution in [2.75, 3.05) is 19.6 Å². The number of hydrogen-bond donors (Lipinski definition) is 1. The van der Waals surface area contributed by atoms with E-state index in [0.29, 0.717) is 0 Å². The van der Waals surface area contributed by atoms with Gasteiger partial charge in [-0.05, 0) is 51.7 Å². The maximum atomic E-state index is 3.79. The van der Waals surface area contributed by atoms with Gasteiger partial charge in [0, 0.05) is 12.1 Å². The molecule has 0 aliphatic carbocycles. The molecule has 0 saturated carbocycles. The van der Waals surface area contributed by atoms with E-state index < -0.39 is 0 Å². The smallest absolute Gasteiger partial charge is 0.00939 e. The van der Waals surface area contributed by atoms with E-state index in [4.69, 9.17) is 0 Å². The first-order valence-corrected chi connectivity index (χ1v) is 6.78. The van der Waals surface area contributed by atoms with Crippen LogP contribution in [0.5, 0.6) is 0 Å².